The molecule has 0 unspecified atom stereocenters. The number of nitrogens with one attached hydrogen (secondary N) is 3. The maximum atomic E-state index is 13.1. The van der Waals surface area contributed by atoms with Crippen molar-refractivity contribution in [1.82, 2.24) is 44.3 Å². The fraction of sp³-hybridized carbons (Fsp3) is 0.235. The van der Waals surface area contributed by atoms with E-state index < -0.39 is 11.7 Å². The van der Waals surface area contributed by atoms with Crippen molar-refractivity contribution in [3.63, 3.8) is 0 Å². The second-order valence-electron chi connectivity index (χ2n) is 11.8. The molecule has 3 aromatic carbocycles. The number of hydrogen-bond donors (Lipinski definition) is 3. The first kappa shape index (κ1) is 31.8. The summed E-state index contributed by atoms with van der Waals surface area (Å²) in [5, 5.41) is 19.9. The van der Waals surface area contributed by atoms with E-state index in [9.17, 15) is 18.0 Å². The van der Waals surface area contributed by atoms with Crippen molar-refractivity contribution in [2.24, 2.45) is 0 Å². The summed E-state index contributed by atoms with van der Waals surface area (Å²) in [6, 6.07) is 23.8. The summed E-state index contributed by atoms with van der Waals surface area (Å²) in [4.78, 5) is 28.6. The Morgan fingerprint density at radius 2 is 1.53 bits per heavy atom. The number of benzene rings is 3. The Hall–Kier alpha value is -5.83. The van der Waals surface area contributed by atoms with Crippen LogP contribution in [0.2, 0.25) is 0 Å². The maximum Gasteiger partial charge on any atom is 0.416 e. The fourth-order valence-corrected chi connectivity index (χ4v) is 6.26. The Morgan fingerprint density at radius 1 is 0.878 bits per heavy atom. The number of H-pyrrole nitrogens is 1. The van der Waals surface area contributed by atoms with E-state index in [0.717, 1.165) is 23.3 Å². The third-order valence-corrected chi connectivity index (χ3v) is 8.67. The highest BCUT2D eigenvalue weighted by Gasteiger charge is 2.35. The summed E-state index contributed by atoms with van der Waals surface area (Å²) in [7, 11) is 0. The Balaban J connectivity index is 1.14. The van der Waals surface area contributed by atoms with Crippen LogP contribution in [0.4, 0.5) is 23.7 Å². The lowest BCUT2D eigenvalue weighted by Gasteiger charge is -2.42. The molecule has 1 aliphatic heterocycles. The SMILES string of the molecule is N=c1ncn(Cc2cn([C@H](c3ccccc3)[C@H](c3ccccc3)N3CCN(C(=O)Nc4ccc(C(F)(F)F)cc4)CC3)nn2)c2nc[nH]c12. The van der Waals surface area contributed by atoms with Gasteiger partial charge in [-0.3, -0.25) is 10.3 Å². The number of carbonyl (C=O) groups excluding carboxylic acids is 1. The van der Waals surface area contributed by atoms with Crippen LogP contribution in [0.1, 0.15) is 34.5 Å². The Labute approximate surface area is 278 Å². The van der Waals surface area contributed by atoms with Gasteiger partial charge in [-0.1, -0.05) is 65.9 Å². The normalized spacial score (nSPS) is 15.3. The number of piperazine rings is 1. The van der Waals surface area contributed by atoms with Crippen LogP contribution in [0, 0.1) is 5.41 Å². The fourth-order valence-electron chi connectivity index (χ4n) is 6.26. The molecule has 0 saturated carbocycles. The van der Waals surface area contributed by atoms with Crippen LogP contribution in [0.15, 0.2) is 104 Å². The van der Waals surface area contributed by atoms with E-state index in [4.69, 9.17) is 5.41 Å². The van der Waals surface area contributed by atoms with Crippen LogP contribution < -0.4 is 10.8 Å². The highest BCUT2D eigenvalue weighted by Crippen LogP contribution is 2.38. The van der Waals surface area contributed by atoms with Crippen molar-refractivity contribution in [3.8, 4) is 0 Å². The van der Waals surface area contributed by atoms with E-state index in [0.29, 0.717) is 55.3 Å². The number of nitrogens with zero attached hydrogens (tertiary/aromatic N) is 8. The largest absolute Gasteiger partial charge is 0.416 e. The Morgan fingerprint density at radius 3 is 2.18 bits per heavy atom. The number of fused-ring (bicyclic) bond motifs is 1. The van der Waals surface area contributed by atoms with Crippen LogP contribution >= 0.6 is 0 Å². The highest BCUT2D eigenvalue weighted by molar-refractivity contribution is 5.89. The van der Waals surface area contributed by atoms with Crippen molar-refractivity contribution < 1.29 is 18.0 Å². The lowest BCUT2D eigenvalue weighted by atomic mass is 9.91. The quantitative estimate of drug-likeness (QED) is 0.207. The molecule has 1 aliphatic rings. The van der Waals surface area contributed by atoms with Crippen LogP contribution in [0.5, 0.6) is 0 Å². The predicted octanol–water partition coefficient (Wildman–Crippen LogP) is 5.08. The van der Waals surface area contributed by atoms with Gasteiger partial charge in [0, 0.05) is 31.9 Å². The number of urea groups is 1. The zero-order chi connectivity index (χ0) is 34.0. The van der Waals surface area contributed by atoms with E-state index in [1.807, 2.05) is 51.8 Å². The van der Waals surface area contributed by atoms with Crippen molar-refractivity contribution in [3.05, 3.63) is 132 Å². The summed E-state index contributed by atoms with van der Waals surface area (Å²) >= 11 is 0. The van der Waals surface area contributed by atoms with Gasteiger partial charge in [0.2, 0.25) is 0 Å². The third kappa shape index (κ3) is 6.78. The molecule has 0 aliphatic carbocycles. The van der Waals surface area contributed by atoms with Gasteiger partial charge >= 0.3 is 12.2 Å². The van der Waals surface area contributed by atoms with Crippen LogP contribution in [-0.2, 0) is 12.7 Å². The first-order valence-corrected chi connectivity index (χ1v) is 15.7. The van der Waals surface area contributed by atoms with Gasteiger partial charge in [0.05, 0.1) is 43.0 Å². The number of aromatic nitrogens is 7. The summed E-state index contributed by atoms with van der Waals surface area (Å²) in [5.74, 6) is 0. The molecular weight excluding hydrogens is 635 g/mol. The van der Waals surface area contributed by atoms with E-state index in [2.05, 4.69) is 59.7 Å². The summed E-state index contributed by atoms with van der Waals surface area (Å²) in [6.45, 7) is 2.26. The van der Waals surface area contributed by atoms with E-state index in [1.165, 1.54) is 18.5 Å². The van der Waals surface area contributed by atoms with Crippen molar-refractivity contribution in [1.29, 1.82) is 5.41 Å². The third-order valence-electron chi connectivity index (χ3n) is 8.67. The summed E-state index contributed by atoms with van der Waals surface area (Å²) < 4.78 is 42.7. The number of alkyl halides is 3. The molecule has 0 spiro atoms. The highest BCUT2D eigenvalue weighted by atomic mass is 19.4. The number of halogens is 3. The molecule has 1 fully saturated rings. The molecule has 49 heavy (non-hydrogen) atoms. The standard InChI is InChI=1S/C34H32F3N11O/c35-34(36,37)25-11-13-26(14-12-25)42-33(49)46-17-15-45(16-18-46)29(23-7-3-1-4-8-23)30(24-9-5-2-6-10-24)48-20-27(43-44-48)19-47-22-41-31(38)28-32(47)40-21-39-28/h1-14,20-22,29-30,38H,15-19H2,(H,39,40)(H,42,49)/t29-,30+/m0/s1. The second kappa shape index (κ2) is 13.4. The van der Waals surface area contributed by atoms with Gasteiger partial charge in [0.1, 0.15) is 11.2 Å². The molecule has 3 aromatic heterocycles. The molecule has 2 atom stereocenters. The minimum atomic E-state index is -4.45. The number of hydrogen-bond acceptors (Lipinski definition) is 7. The molecule has 250 valence electrons. The molecule has 4 heterocycles. The molecule has 15 heteroatoms. The molecule has 3 N–H and O–H groups in total. The zero-order valence-corrected chi connectivity index (χ0v) is 26.1. The molecule has 0 bridgehead atoms. The molecular formula is C34H32F3N11O. The number of anilines is 1. The van der Waals surface area contributed by atoms with Gasteiger partial charge in [0.25, 0.3) is 0 Å². The predicted molar refractivity (Wildman–Crippen MR) is 174 cm³/mol. The number of aromatic amines is 1. The Kier molecular flexibility index (Phi) is 8.65. The topological polar surface area (TPSA) is 137 Å². The van der Waals surface area contributed by atoms with Gasteiger partial charge < -0.3 is 19.8 Å². The van der Waals surface area contributed by atoms with Crippen LogP contribution in [-0.4, -0.2) is 76.5 Å². The van der Waals surface area contributed by atoms with Gasteiger partial charge in [-0.2, -0.15) is 13.2 Å². The molecule has 7 rings (SSSR count). The average molecular weight is 668 g/mol. The zero-order valence-electron chi connectivity index (χ0n) is 26.1. The maximum absolute atomic E-state index is 13.1. The summed E-state index contributed by atoms with van der Waals surface area (Å²) in [5.41, 5.74) is 3.55. The molecule has 6 aromatic rings. The minimum Gasteiger partial charge on any atom is -0.340 e. The van der Waals surface area contributed by atoms with Crippen molar-refractivity contribution >= 4 is 22.9 Å². The Bertz CT molecular complexity index is 2090. The van der Waals surface area contributed by atoms with Gasteiger partial charge in [-0.25, -0.2) is 19.4 Å². The molecule has 12 nitrogen and oxygen atoms in total. The van der Waals surface area contributed by atoms with Crippen molar-refractivity contribution in [2.45, 2.75) is 24.8 Å². The van der Waals surface area contributed by atoms with Gasteiger partial charge in [-0.05, 0) is 35.4 Å². The molecule has 2 amide bonds. The summed E-state index contributed by atoms with van der Waals surface area (Å²) in [6.07, 6.45) is 0.573. The molecule has 0 radical (unpaired) electrons. The number of imidazole rings is 1. The van der Waals surface area contributed by atoms with Gasteiger partial charge in [0.15, 0.2) is 11.1 Å². The van der Waals surface area contributed by atoms with E-state index >= 15 is 0 Å². The van der Waals surface area contributed by atoms with Gasteiger partial charge in [-0.15, -0.1) is 5.10 Å². The van der Waals surface area contributed by atoms with Crippen molar-refractivity contribution in [2.75, 3.05) is 31.5 Å². The number of carbonyl (C=O) groups is 1. The lowest BCUT2D eigenvalue weighted by Crippen LogP contribution is -2.52. The van der Waals surface area contributed by atoms with E-state index in [-0.39, 0.29) is 23.6 Å². The van der Waals surface area contributed by atoms with E-state index in [1.54, 1.807) is 11.2 Å². The number of amides is 2. The first-order chi connectivity index (χ1) is 23.7. The molecule has 1 saturated heterocycles. The smallest absolute Gasteiger partial charge is 0.340 e. The van der Waals surface area contributed by atoms with Crippen LogP contribution in [0.3, 0.4) is 0 Å². The minimum absolute atomic E-state index is 0.111. The second-order valence-corrected chi connectivity index (χ2v) is 11.8. The lowest BCUT2D eigenvalue weighted by molar-refractivity contribution is -0.137. The average Bonchev–Trinajstić information content (AvgIpc) is 3.80. The van der Waals surface area contributed by atoms with Crippen LogP contribution in [0.25, 0.3) is 11.2 Å². The monoisotopic (exact) mass is 667 g/mol. The number of rotatable bonds is 8. The first-order valence-electron chi connectivity index (χ1n) is 15.7.